The Morgan fingerprint density at radius 1 is 0.875 bits per heavy atom. The summed E-state index contributed by atoms with van der Waals surface area (Å²) in [5.41, 5.74) is 6.98. The van der Waals surface area contributed by atoms with E-state index in [0.717, 1.165) is 65.8 Å². The Bertz CT molecular complexity index is 1730. The van der Waals surface area contributed by atoms with Crippen LogP contribution in [0.15, 0.2) is 77.6 Å². The van der Waals surface area contributed by atoms with Gasteiger partial charge in [0.2, 0.25) is 11.8 Å². The number of ether oxygens (including phenoxy) is 2. The van der Waals surface area contributed by atoms with E-state index in [-0.39, 0.29) is 49.3 Å². The largest absolute Gasteiger partial charge is 0.392 e. The normalized spacial score (nSPS) is 20.5. The Hall–Kier alpha value is -4.33. The number of hydroxylamine groups is 1. The zero-order chi connectivity index (χ0) is 33.5. The first-order chi connectivity index (χ1) is 23.4. The molecule has 2 aliphatic heterocycles. The minimum Gasteiger partial charge on any atom is -0.392 e. The standard InChI is InChI=1S/C36H43N5O7/c42-23-25-10-12-26(13-11-25)32-20-29(22-40-18-16-28(17-19-40)41-31-5-2-1-4-30(31)38-36(41)45)47-35(48-32)27-14-8-24(9-15-27)21-37-33(43)6-3-7-34(44)39-46/h1-2,4-5,8-15,28-29,32,35,42,46H,3,6-7,16-23H2,(H,37,43)(H,38,45)(H,39,44)/t29-,32+,35+/m0/s1. The second-order valence-corrected chi connectivity index (χ2v) is 12.6. The molecular weight excluding hydrogens is 614 g/mol. The number of carbonyl (C=O) groups is 2. The number of aliphatic hydroxyl groups excluding tert-OH is 1. The second kappa shape index (κ2) is 15.7. The van der Waals surface area contributed by atoms with Gasteiger partial charge in [-0.25, -0.2) is 10.3 Å². The van der Waals surface area contributed by atoms with Crippen LogP contribution in [0.4, 0.5) is 0 Å². The van der Waals surface area contributed by atoms with Crippen molar-refractivity contribution in [2.75, 3.05) is 19.6 Å². The Morgan fingerprint density at radius 3 is 2.29 bits per heavy atom. The number of hydrogen-bond donors (Lipinski definition) is 5. The average molecular weight is 658 g/mol. The fourth-order valence-electron chi connectivity index (χ4n) is 6.66. The zero-order valence-electron chi connectivity index (χ0n) is 26.8. The maximum Gasteiger partial charge on any atom is 0.326 e. The number of likely N-dealkylation sites (tertiary alicyclic amines) is 1. The monoisotopic (exact) mass is 657 g/mol. The van der Waals surface area contributed by atoms with E-state index in [9.17, 15) is 19.5 Å². The maximum absolute atomic E-state index is 12.8. The molecule has 6 rings (SSSR count). The molecular formula is C36H43N5O7. The maximum atomic E-state index is 12.8. The molecule has 4 aromatic rings. The number of piperidine rings is 1. The molecule has 1 aromatic heterocycles. The molecule has 0 radical (unpaired) electrons. The van der Waals surface area contributed by atoms with Crippen molar-refractivity contribution in [3.05, 3.63) is 106 Å². The number of amides is 2. The SMILES string of the molecule is O=C(CCCC(=O)NCc1ccc([C@@H]2O[C@H](CN3CCC(n4c(=O)[nH]c5ccccc54)CC3)C[C@H](c3ccc(CO)cc3)O2)cc1)NO. The summed E-state index contributed by atoms with van der Waals surface area (Å²) in [5.74, 6) is -0.680. The number of rotatable bonds is 12. The topological polar surface area (TPSA) is 158 Å². The van der Waals surface area contributed by atoms with E-state index in [1.165, 1.54) is 0 Å². The van der Waals surface area contributed by atoms with E-state index in [1.54, 1.807) is 5.48 Å². The van der Waals surface area contributed by atoms with E-state index in [4.69, 9.17) is 14.7 Å². The first-order valence-electron chi connectivity index (χ1n) is 16.6. The van der Waals surface area contributed by atoms with Crippen molar-refractivity contribution in [2.45, 2.75) is 76.2 Å². The summed E-state index contributed by atoms with van der Waals surface area (Å²) in [5, 5.41) is 21.0. The van der Waals surface area contributed by atoms with Gasteiger partial charge in [-0.2, -0.15) is 0 Å². The van der Waals surface area contributed by atoms with Gasteiger partial charge in [0.25, 0.3) is 0 Å². The predicted octanol–water partition coefficient (Wildman–Crippen LogP) is 4.00. The van der Waals surface area contributed by atoms with Crippen molar-refractivity contribution >= 4 is 22.8 Å². The molecule has 3 heterocycles. The lowest BCUT2D eigenvalue weighted by Gasteiger charge is -2.40. The van der Waals surface area contributed by atoms with Gasteiger partial charge in [0.05, 0.1) is 29.8 Å². The van der Waals surface area contributed by atoms with Gasteiger partial charge < -0.3 is 29.8 Å². The van der Waals surface area contributed by atoms with E-state index in [2.05, 4.69) is 15.2 Å². The molecule has 12 nitrogen and oxygen atoms in total. The van der Waals surface area contributed by atoms with Crippen molar-refractivity contribution in [1.82, 2.24) is 25.2 Å². The first-order valence-corrected chi connectivity index (χ1v) is 16.6. The molecule has 0 spiro atoms. The summed E-state index contributed by atoms with van der Waals surface area (Å²) < 4.78 is 15.0. The average Bonchev–Trinajstić information content (AvgIpc) is 3.46. The van der Waals surface area contributed by atoms with Crippen LogP contribution in [0.25, 0.3) is 11.0 Å². The molecule has 5 N–H and O–H groups in total. The quantitative estimate of drug-likeness (QED) is 0.113. The summed E-state index contributed by atoms with van der Waals surface area (Å²) in [6.45, 7) is 2.78. The van der Waals surface area contributed by atoms with E-state index in [1.807, 2.05) is 77.4 Å². The lowest BCUT2D eigenvalue weighted by molar-refractivity contribution is -0.253. The molecule has 2 saturated heterocycles. The Kier molecular flexibility index (Phi) is 11.0. The second-order valence-electron chi connectivity index (χ2n) is 12.6. The highest BCUT2D eigenvalue weighted by Gasteiger charge is 2.34. The number of imidazole rings is 1. The highest BCUT2D eigenvalue weighted by molar-refractivity contribution is 5.78. The molecule has 2 amide bonds. The predicted molar refractivity (Wildman–Crippen MR) is 178 cm³/mol. The van der Waals surface area contributed by atoms with Crippen molar-refractivity contribution in [1.29, 1.82) is 0 Å². The summed E-state index contributed by atoms with van der Waals surface area (Å²) in [4.78, 5) is 41.5. The number of benzene rings is 3. The van der Waals surface area contributed by atoms with Crippen LogP contribution in [0.2, 0.25) is 0 Å². The summed E-state index contributed by atoms with van der Waals surface area (Å²) in [7, 11) is 0. The minimum atomic E-state index is -0.588. The van der Waals surface area contributed by atoms with Crippen molar-refractivity contribution in [3.63, 3.8) is 0 Å². The third-order valence-electron chi connectivity index (χ3n) is 9.30. The highest BCUT2D eigenvalue weighted by atomic mass is 16.7. The van der Waals surface area contributed by atoms with E-state index in [0.29, 0.717) is 19.4 Å². The molecule has 2 fully saturated rings. The first kappa shape index (κ1) is 33.6. The van der Waals surface area contributed by atoms with Crippen LogP contribution in [-0.2, 0) is 32.2 Å². The molecule has 48 heavy (non-hydrogen) atoms. The summed E-state index contributed by atoms with van der Waals surface area (Å²) in [6, 6.07) is 23.6. The van der Waals surface area contributed by atoms with Gasteiger partial charge in [-0.05, 0) is 48.1 Å². The molecule has 0 bridgehead atoms. The number of fused-ring (bicyclic) bond motifs is 1. The molecule has 3 aromatic carbocycles. The molecule has 0 saturated carbocycles. The number of hydrogen-bond acceptors (Lipinski definition) is 8. The number of para-hydroxylation sites is 2. The Labute approximate surface area is 278 Å². The molecule has 0 unspecified atom stereocenters. The van der Waals surface area contributed by atoms with Crippen LogP contribution in [0.3, 0.4) is 0 Å². The molecule has 0 aliphatic carbocycles. The fourth-order valence-corrected chi connectivity index (χ4v) is 6.66. The summed E-state index contributed by atoms with van der Waals surface area (Å²) in [6.07, 6.45) is 2.17. The van der Waals surface area contributed by atoms with Crippen molar-refractivity contribution < 1.29 is 29.4 Å². The van der Waals surface area contributed by atoms with Crippen LogP contribution in [0.1, 0.15) is 79.2 Å². The number of nitrogens with zero attached hydrogens (tertiary/aromatic N) is 2. The van der Waals surface area contributed by atoms with Crippen LogP contribution >= 0.6 is 0 Å². The minimum absolute atomic E-state index is 0.0194. The smallest absolute Gasteiger partial charge is 0.326 e. The fraction of sp³-hybridized carbons (Fsp3) is 0.417. The number of carbonyl (C=O) groups excluding carboxylic acids is 2. The molecule has 12 heteroatoms. The van der Waals surface area contributed by atoms with Crippen molar-refractivity contribution in [3.8, 4) is 0 Å². The van der Waals surface area contributed by atoms with Crippen molar-refractivity contribution in [2.24, 2.45) is 0 Å². The molecule has 2 aliphatic rings. The lowest BCUT2D eigenvalue weighted by Crippen LogP contribution is -2.43. The van der Waals surface area contributed by atoms with Gasteiger partial charge in [-0.3, -0.25) is 19.4 Å². The van der Waals surface area contributed by atoms with Gasteiger partial charge in [-0.15, -0.1) is 0 Å². The van der Waals surface area contributed by atoms with Crippen LogP contribution < -0.4 is 16.5 Å². The molecule has 3 atom stereocenters. The highest BCUT2D eigenvalue weighted by Crippen LogP contribution is 2.38. The molecule has 254 valence electrons. The van der Waals surface area contributed by atoms with Crippen LogP contribution in [0.5, 0.6) is 0 Å². The van der Waals surface area contributed by atoms with Crippen LogP contribution in [-0.4, -0.2) is 62.3 Å². The van der Waals surface area contributed by atoms with Gasteiger partial charge >= 0.3 is 5.69 Å². The van der Waals surface area contributed by atoms with Gasteiger partial charge in [0.1, 0.15) is 0 Å². The van der Waals surface area contributed by atoms with E-state index < -0.39 is 12.2 Å². The number of aromatic amines is 1. The summed E-state index contributed by atoms with van der Waals surface area (Å²) >= 11 is 0. The van der Waals surface area contributed by atoms with Crippen LogP contribution in [0, 0.1) is 0 Å². The third-order valence-corrected chi connectivity index (χ3v) is 9.30. The number of aromatic nitrogens is 2. The third kappa shape index (κ3) is 8.20. The number of H-pyrrole nitrogens is 1. The number of nitrogens with one attached hydrogen (secondary N) is 3. The van der Waals surface area contributed by atoms with E-state index >= 15 is 0 Å². The lowest BCUT2D eigenvalue weighted by atomic mass is 9.98. The van der Waals surface area contributed by atoms with Gasteiger partial charge in [0, 0.05) is 57.0 Å². The number of aliphatic hydroxyl groups is 1. The Morgan fingerprint density at radius 2 is 1.56 bits per heavy atom. The van der Waals surface area contributed by atoms with Gasteiger partial charge in [-0.1, -0.05) is 60.7 Å². The Balaban J connectivity index is 1.09. The van der Waals surface area contributed by atoms with Gasteiger partial charge in [0.15, 0.2) is 6.29 Å². The zero-order valence-corrected chi connectivity index (χ0v) is 26.8.